The van der Waals surface area contributed by atoms with E-state index in [0.717, 1.165) is 4.68 Å². The van der Waals surface area contributed by atoms with Gasteiger partial charge in [-0.05, 0) is 6.07 Å². The number of hydrogen-bond donors (Lipinski definition) is 1. The van der Waals surface area contributed by atoms with Gasteiger partial charge in [0.05, 0.1) is 5.39 Å². The summed E-state index contributed by atoms with van der Waals surface area (Å²) in [6, 6.07) is 6.37. The summed E-state index contributed by atoms with van der Waals surface area (Å²) >= 11 is 0. The summed E-state index contributed by atoms with van der Waals surface area (Å²) in [7, 11) is 0. The molecule has 0 aliphatic rings. The molecule has 0 unspecified atom stereocenters. The first-order valence-electron chi connectivity index (χ1n) is 7.20. The van der Waals surface area contributed by atoms with E-state index in [1.165, 1.54) is 6.07 Å². The molecule has 1 amide bonds. The summed E-state index contributed by atoms with van der Waals surface area (Å²) in [5, 5.41) is 11.7. The number of amides is 1. The molecule has 128 valence electrons. The number of benzene rings is 1. The summed E-state index contributed by atoms with van der Waals surface area (Å²) in [6.07, 6.45) is 0. The Morgan fingerprint density at radius 3 is 2.60 bits per heavy atom. The van der Waals surface area contributed by atoms with Gasteiger partial charge in [-0.2, -0.15) is 5.10 Å². The van der Waals surface area contributed by atoms with Crippen LogP contribution in [0.4, 0.5) is 0 Å². The van der Waals surface area contributed by atoms with Gasteiger partial charge in [0.15, 0.2) is 12.3 Å². The predicted octanol–water partition coefficient (Wildman–Crippen LogP) is -0.0698. The van der Waals surface area contributed by atoms with Crippen molar-refractivity contribution in [3.63, 3.8) is 0 Å². The van der Waals surface area contributed by atoms with Gasteiger partial charge in [0.25, 0.3) is 17.4 Å². The fraction of sp³-hybridized carbons (Fsp3) is 0.200. The van der Waals surface area contributed by atoms with E-state index < -0.39 is 24.0 Å². The van der Waals surface area contributed by atoms with Crippen molar-refractivity contribution in [2.24, 2.45) is 5.73 Å². The first-order valence-corrected chi connectivity index (χ1v) is 7.20. The van der Waals surface area contributed by atoms with Crippen LogP contribution >= 0.6 is 0 Å². The van der Waals surface area contributed by atoms with Crippen molar-refractivity contribution in [3.8, 4) is 0 Å². The standard InChI is InChI=1S/C15H13N5O5/c1-8-17-18-11(25-8)7-24-12(21)6-20-15(23)10-5-3-2-4-9(10)13(19-20)14(16)22/h2-5H,6-7H2,1H3,(H2,16,22). The molecule has 0 spiro atoms. The maximum Gasteiger partial charge on any atom is 0.328 e. The highest BCUT2D eigenvalue weighted by atomic mass is 16.5. The van der Waals surface area contributed by atoms with E-state index in [-0.39, 0.29) is 23.6 Å². The van der Waals surface area contributed by atoms with Crippen molar-refractivity contribution < 1.29 is 18.7 Å². The second kappa shape index (κ2) is 6.51. The summed E-state index contributed by atoms with van der Waals surface area (Å²) in [6.45, 7) is 0.879. The lowest BCUT2D eigenvalue weighted by atomic mass is 10.1. The van der Waals surface area contributed by atoms with Crippen LogP contribution in [0, 0.1) is 6.92 Å². The Morgan fingerprint density at radius 1 is 1.24 bits per heavy atom. The van der Waals surface area contributed by atoms with E-state index in [0.29, 0.717) is 11.3 Å². The Labute approximate surface area is 140 Å². The molecule has 0 aliphatic heterocycles. The van der Waals surface area contributed by atoms with E-state index in [4.69, 9.17) is 14.9 Å². The van der Waals surface area contributed by atoms with E-state index in [1.54, 1.807) is 25.1 Å². The maximum atomic E-state index is 12.4. The average Bonchev–Trinajstić information content (AvgIpc) is 3.01. The largest absolute Gasteiger partial charge is 0.454 e. The quantitative estimate of drug-likeness (QED) is 0.634. The minimum absolute atomic E-state index is 0.101. The molecule has 0 radical (unpaired) electrons. The van der Waals surface area contributed by atoms with E-state index in [9.17, 15) is 14.4 Å². The number of hydrogen-bond acceptors (Lipinski definition) is 8. The van der Waals surface area contributed by atoms with Crippen molar-refractivity contribution >= 4 is 22.6 Å². The monoisotopic (exact) mass is 343 g/mol. The van der Waals surface area contributed by atoms with Crippen LogP contribution in [0.5, 0.6) is 0 Å². The molecule has 0 saturated heterocycles. The lowest BCUT2D eigenvalue weighted by Crippen LogP contribution is -2.31. The Bertz CT molecular complexity index is 1020. The van der Waals surface area contributed by atoms with E-state index in [2.05, 4.69) is 15.3 Å². The van der Waals surface area contributed by atoms with Crippen molar-refractivity contribution in [3.05, 3.63) is 52.1 Å². The molecule has 1 aromatic carbocycles. The van der Waals surface area contributed by atoms with Gasteiger partial charge < -0.3 is 14.9 Å². The van der Waals surface area contributed by atoms with Crippen molar-refractivity contribution in [1.29, 1.82) is 0 Å². The maximum absolute atomic E-state index is 12.4. The molecule has 3 aromatic rings. The van der Waals surface area contributed by atoms with Crippen molar-refractivity contribution in [2.75, 3.05) is 0 Å². The number of primary amides is 1. The van der Waals surface area contributed by atoms with Gasteiger partial charge in [0, 0.05) is 12.3 Å². The molecule has 0 fully saturated rings. The fourth-order valence-corrected chi connectivity index (χ4v) is 2.23. The van der Waals surface area contributed by atoms with Crippen LogP contribution in [-0.4, -0.2) is 31.9 Å². The Morgan fingerprint density at radius 2 is 1.96 bits per heavy atom. The number of ether oxygens (including phenoxy) is 1. The highest BCUT2D eigenvalue weighted by molar-refractivity contribution is 6.03. The highest BCUT2D eigenvalue weighted by Gasteiger charge is 2.17. The molecular formula is C15H13N5O5. The minimum atomic E-state index is -0.806. The first-order chi connectivity index (χ1) is 12.0. The molecule has 3 rings (SSSR count). The number of nitrogens with two attached hydrogens (primary N) is 1. The lowest BCUT2D eigenvalue weighted by Gasteiger charge is -2.08. The highest BCUT2D eigenvalue weighted by Crippen LogP contribution is 2.12. The van der Waals surface area contributed by atoms with Gasteiger partial charge in [0.1, 0.15) is 6.54 Å². The number of fused-ring (bicyclic) bond motifs is 1. The molecule has 0 saturated carbocycles. The summed E-state index contributed by atoms with van der Waals surface area (Å²) in [5.74, 6) is -1.09. The third kappa shape index (κ3) is 3.37. The van der Waals surface area contributed by atoms with Gasteiger partial charge in [-0.25, -0.2) is 4.68 Å². The number of esters is 1. The van der Waals surface area contributed by atoms with Crippen molar-refractivity contribution in [1.82, 2.24) is 20.0 Å². The zero-order valence-electron chi connectivity index (χ0n) is 13.1. The van der Waals surface area contributed by atoms with Crippen LogP contribution in [0.2, 0.25) is 0 Å². The van der Waals surface area contributed by atoms with Gasteiger partial charge in [-0.15, -0.1) is 10.2 Å². The zero-order chi connectivity index (χ0) is 18.0. The van der Waals surface area contributed by atoms with Crippen molar-refractivity contribution in [2.45, 2.75) is 20.1 Å². The SMILES string of the molecule is Cc1nnc(COC(=O)Cn2nc(C(N)=O)c3ccccc3c2=O)o1. The molecule has 10 nitrogen and oxygen atoms in total. The summed E-state index contributed by atoms with van der Waals surface area (Å²) in [4.78, 5) is 35.9. The molecule has 0 aliphatic carbocycles. The molecule has 10 heteroatoms. The molecule has 25 heavy (non-hydrogen) atoms. The first kappa shape index (κ1) is 16.3. The Kier molecular flexibility index (Phi) is 4.25. The minimum Gasteiger partial charge on any atom is -0.454 e. The topological polar surface area (TPSA) is 143 Å². The molecular weight excluding hydrogens is 330 g/mol. The van der Waals surface area contributed by atoms with Gasteiger partial charge >= 0.3 is 5.97 Å². The molecule has 0 atom stereocenters. The molecule has 2 aromatic heterocycles. The fourth-order valence-electron chi connectivity index (χ4n) is 2.23. The second-order valence-electron chi connectivity index (χ2n) is 5.10. The average molecular weight is 343 g/mol. The number of aryl methyl sites for hydroxylation is 1. The van der Waals surface area contributed by atoms with Crippen LogP contribution in [0.3, 0.4) is 0 Å². The van der Waals surface area contributed by atoms with Crippen LogP contribution in [0.15, 0.2) is 33.5 Å². The van der Waals surface area contributed by atoms with Gasteiger partial charge in [-0.3, -0.25) is 14.4 Å². The van der Waals surface area contributed by atoms with E-state index >= 15 is 0 Å². The Hall–Kier alpha value is -3.56. The number of aromatic nitrogens is 4. The van der Waals surface area contributed by atoms with Gasteiger partial charge in [0.2, 0.25) is 5.89 Å². The van der Waals surface area contributed by atoms with Crippen LogP contribution < -0.4 is 11.3 Å². The normalized spacial score (nSPS) is 10.8. The second-order valence-corrected chi connectivity index (χ2v) is 5.10. The molecule has 0 bridgehead atoms. The number of carbonyl (C=O) groups is 2. The summed E-state index contributed by atoms with van der Waals surface area (Å²) < 4.78 is 10.9. The smallest absolute Gasteiger partial charge is 0.328 e. The predicted molar refractivity (Wildman–Crippen MR) is 83.4 cm³/mol. The number of rotatable bonds is 5. The van der Waals surface area contributed by atoms with Crippen LogP contribution in [-0.2, 0) is 22.7 Å². The third-order valence-electron chi connectivity index (χ3n) is 3.30. The van der Waals surface area contributed by atoms with E-state index in [1.807, 2.05) is 0 Å². The number of nitrogens with zero attached hydrogens (tertiary/aromatic N) is 4. The number of carbonyl (C=O) groups excluding carboxylic acids is 2. The third-order valence-corrected chi connectivity index (χ3v) is 3.30. The Balaban J connectivity index is 1.85. The van der Waals surface area contributed by atoms with Crippen LogP contribution in [0.1, 0.15) is 22.3 Å². The lowest BCUT2D eigenvalue weighted by molar-refractivity contribution is -0.146. The molecule has 2 N–H and O–H groups in total. The van der Waals surface area contributed by atoms with Crippen LogP contribution in [0.25, 0.3) is 10.8 Å². The summed E-state index contributed by atoms with van der Waals surface area (Å²) in [5.41, 5.74) is 4.67. The molecule has 2 heterocycles. The van der Waals surface area contributed by atoms with Gasteiger partial charge in [-0.1, -0.05) is 18.2 Å². The zero-order valence-corrected chi connectivity index (χ0v) is 13.1.